The number of H-pyrrole nitrogens is 1. The highest BCUT2D eigenvalue weighted by Crippen LogP contribution is 2.26. The summed E-state index contributed by atoms with van der Waals surface area (Å²) in [7, 11) is 1.49. The Bertz CT molecular complexity index is 1040. The van der Waals surface area contributed by atoms with Gasteiger partial charge in [-0.15, -0.1) is 0 Å². The van der Waals surface area contributed by atoms with E-state index in [0.29, 0.717) is 17.1 Å². The fourth-order valence-corrected chi connectivity index (χ4v) is 2.51. The monoisotopic (exact) mass is 346 g/mol. The van der Waals surface area contributed by atoms with Crippen LogP contribution in [0.4, 0.5) is 0 Å². The van der Waals surface area contributed by atoms with E-state index in [1.54, 1.807) is 24.3 Å². The first-order valence-corrected chi connectivity index (χ1v) is 7.87. The zero-order valence-corrected chi connectivity index (χ0v) is 13.8. The van der Waals surface area contributed by atoms with Gasteiger partial charge in [-0.1, -0.05) is 12.1 Å². The van der Waals surface area contributed by atoms with Crippen LogP contribution < -0.4 is 9.47 Å². The van der Waals surface area contributed by atoms with E-state index in [0.717, 1.165) is 11.0 Å². The van der Waals surface area contributed by atoms with Crippen molar-refractivity contribution in [1.82, 2.24) is 19.9 Å². The van der Waals surface area contributed by atoms with Gasteiger partial charge in [-0.3, -0.25) is 4.79 Å². The van der Waals surface area contributed by atoms with Crippen LogP contribution in [-0.4, -0.2) is 32.8 Å². The van der Waals surface area contributed by atoms with Crippen molar-refractivity contribution in [1.29, 1.82) is 0 Å². The van der Waals surface area contributed by atoms with Crippen LogP contribution in [0.25, 0.3) is 11.0 Å². The number of nitrogens with zero attached hydrogens (tertiary/aromatic N) is 3. The largest absolute Gasteiger partial charge is 0.477 e. The maximum absolute atomic E-state index is 12.6. The summed E-state index contributed by atoms with van der Waals surface area (Å²) in [4.78, 5) is 28.1. The van der Waals surface area contributed by atoms with Crippen LogP contribution >= 0.6 is 0 Å². The minimum absolute atomic E-state index is 0.190. The lowest BCUT2D eigenvalue weighted by molar-refractivity contribution is 0.103. The number of rotatable bonds is 5. The molecule has 7 heteroatoms. The summed E-state index contributed by atoms with van der Waals surface area (Å²) in [5, 5.41) is 0. The van der Waals surface area contributed by atoms with Gasteiger partial charge in [-0.2, -0.15) is 0 Å². The molecule has 0 fully saturated rings. The van der Waals surface area contributed by atoms with Gasteiger partial charge in [-0.05, 0) is 36.4 Å². The molecular formula is C19H14N4O3. The molecule has 0 saturated heterocycles. The van der Waals surface area contributed by atoms with Crippen molar-refractivity contribution in [3.8, 4) is 17.5 Å². The number of imidazole rings is 1. The second-order valence-corrected chi connectivity index (χ2v) is 5.43. The maximum atomic E-state index is 12.6. The normalized spacial score (nSPS) is 10.7. The van der Waals surface area contributed by atoms with Crippen LogP contribution in [0, 0.1) is 0 Å². The van der Waals surface area contributed by atoms with Crippen LogP contribution in [0.1, 0.15) is 16.2 Å². The molecule has 2 aromatic heterocycles. The van der Waals surface area contributed by atoms with E-state index in [4.69, 9.17) is 9.47 Å². The van der Waals surface area contributed by atoms with E-state index in [1.165, 1.54) is 19.5 Å². The van der Waals surface area contributed by atoms with Gasteiger partial charge < -0.3 is 14.5 Å². The topological polar surface area (TPSA) is 90.0 Å². The highest BCUT2D eigenvalue weighted by molar-refractivity contribution is 6.08. The van der Waals surface area contributed by atoms with E-state index in [9.17, 15) is 4.79 Å². The van der Waals surface area contributed by atoms with Crippen molar-refractivity contribution >= 4 is 16.8 Å². The Morgan fingerprint density at radius 2 is 1.69 bits per heavy atom. The minimum Gasteiger partial charge on any atom is -0.477 e. The lowest BCUT2D eigenvalue weighted by atomic mass is 10.1. The molecule has 4 rings (SSSR count). The van der Waals surface area contributed by atoms with E-state index in [-0.39, 0.29) is 17.5 Å². The number of fused-ring (bicyclic) bond motifs is 1. The predicted molar refractivity (Wildman–Crippen MR) is 94.6 cm³/mol. The summed E-state index contributed by atoms with van der Waals surface area (Å²) in [6, 6.07) is 14.2. The van der Waals surface area contributed by atoms with Gasteiger partial charge >= 0.3 is 0 Å². The third kappa shape index (κ3) is 2.98. The number of methoxy groups -OCH3 is 1. The van der Waals surface area contributed by atoms with Crippen molar-refractivity contribution in [3.05, 3.63) is 72.3 Å². The summed E-state index contributed by atoms with van der Waals surface area (Å²) < 4.78 is 10.8. The van der Waals surface area contributed by atoms with Crippen molar-refractivity contribution in [2.75, 3.05) is 7.11 Å². The molecule has 4 aromatic rings. The number of hydrogen-bond donors (Lipinski definition) is 1. The van der Waals surface area contributed by atoms with Gasteiger partial charge in [0.15, 0.2) is 5.82 Å². The van der Waals surface area contributed by atoms with Crippen molar-refractivity contribution < 1.29 is 14.3 Å². The Balaban J connectivity index is 1.56. The van der Waals surface area contributed by atoms with Crippen molar-refractivity contribution in [2.24, 2.45) is 0 Å². The maximum Gasteiger partial charge on any atom is 0.283 e. The Kier molecular flexibility index (Phi) is 4.03. The third-order valence-corrected chi connectivity index (χ3v) is 3.76. The summed E-state index contributed by atoms with van der Waals surface area (Å²) >= 11 is 0. The van der Waals surface area contributed by atoms with Crippen molar-refractivity contribution in [2.45, 2.75) is 0 Å². The molecule has 2 aromatic carbocycles. The second-order valence-electron chi connectivity index (χ2n) is 5.43. The Labute approximate surface area is 148 Å². The molecular weight excluding hydrogens is 332 g/mol. The lowest BCUT2D eigenvalue weighted by Crippen LogP contribution is -2.03. The number of ether oxygens (including phenoxy) is 2. The quantitative estimate of drug-likeness (QED) is 0.557. The molecule has 2 heterocycles. The number of para-hydroxylation sites is 2. The number of carbonyl (C=O) groups is 1. The first kappa shape index (κ1) is 15.8. The molecule has 0 unspecified atom stereocenters. The van der Waals surface area contributed by atoms with Crippen LogP contribution in [0.2, 0.25) is 0 Å². The molecule has 0 amide bonds. The van der Waals surface area contributed by atoms with Gasteiger partial charge in [-0.25, -0.2) is 15.0 Å². The number of hydrogen-bond acceptors (Lipinski definition) is 6. The minimum atomic E-state index is -0.190. The fraction of sp³-hybridized carbons (Fsp3) is 0.0526. The number of aromatic amines is 1. The second kappa shape index (κ2) is 6.64. The Morgan fingerprint density at radius 3 is 2.42 bits per heavy atom. The summed E-state index contributed by atoms with van der Waals surface area (Å²) in [5.74, 6) is 1.17. The molecule has 0 spiro atoms. The molecule has 0 aliphatic carbocycles. The summed E-state index contributed by atoms with van der Waals surface area (Å²) in [5.41, 5.74) is 2.08. The number of nitrogens with one attached hydrogen (secondary N) is 1. The predicted octanol–water partition coefficient (Wildman–Crippen LogP) is 3.38. The summed E-state index contributed by atoms with van der Waals surface area (Å²) in [6.45, 7) is 0. The van der Waals surface area contributed by atoms with E-state index >= 15 is 0 Å². The zero-order chi connectivity index (χ0) is 17.9. The van der Waals surface area contributed by atoms with Gasteiger partial charge in [0.2, 0.25) is 5.78 Å². The van der Waals surface area contributed by atoms with Crippen LogP contribution in [0.5, 0.6) is 17.5 Å². The van der Waals surface area contributed by atoms with E-state index in [1.807, 2.05) is 24.3 Å². The zero-order valence-electron chi connectivity index (χ0n) is 13.8. The third-order valence-electron chi connectivity index (χ3n) is 3.76. The first-order chi connectivity index (χ1) is 12.7. The molecule has 0 saturated carbocycles. The fourth-order valence-electron chi connectivity index (χ4n) is 2.51. The molecule has 1 N–H and O–H groups in total. The van der Waals surface area contributed by atoms with Crippen molar-refractivity contribution in [3.63, 3.8) is 0 Å². The van der Waals surface area contributed by atoms with Crippen LogP contribution in [0.15, 0.2) is 60.9 Å². The number of ketones is 1. The molecule has 0 radical (unpaired) electrons. The Morgan fingerprint density at radius 1 is 0.962 bits per heavy atom. The molecule has 0 atom stereocenters. The first-order valence-electron chi connectivity index (χ1n) is 7.87. The smallest absolute Gasteiger partial charge is 0.283 e. The lowest BCUT2D eigenvalue weighted by Gasteiger charge is -2.07. The SMILES string of the molecule is COc1nccnc1Oc1ccc(C(=O)c2nc3ccccc3[nH]2)cc1. The highest BCUT2D eigenvalue weighted by Gasteiger charge is 2.14. The van der Waals surface area contributed by atoms with Crippen LogP contribution in [0.3, 0.4) is 0 Å². The number of benzene rings is 2. The van der Waals surface area contributed by atoms with E-state index < -0.39 is 0 Å². The van der Waals surface area contributed by atoms with Gasteiger partial charge in [0.25, 0.3) is 11.8 Å². The molecule has 0 bridgehead atoms. The molecule has 26 heavy (non-hydrogen) atoms. The van der Waals surface area contributed by atoms with Crippen LogP contribution in [-0.2, 0) is 0 Å². The number of aromatic nitrogens is 4. The van der Waals surface area contributed by atoms with Gasteiger partial charge in [0.1, 0.15) is 5.75 Å². The highest BCUT2D eigenvalue weighted by atomic mass is 16.5. The average molecular weight is 346 g/mol. The Hall–Kier alpha value is -3.74. The molecule has 128 valence electrons. The number of carbonyl (C=O) groups excluding carboxylic acids is 1. The van der Waals surface area contributed by atoms with E-state index in [2.05, 4.69) is 19.9 Å². The molecule has 0 aliphatic heterocycles. The summed E-state index contributed by atoms with van der Waals surface area (Å²) in [6.07, 6.45) is 3.03. The van der Waals surface area contributed by atoms with Gasteiger partial charge in [0, 0.05) is 18.0 Å². The average Bonchev–Trinajstić information content (AvgIpc) is 3.13. The molecule has 7 nitrogen and oxygen atoms in total. The standard InChI is InChI=1S/C19H14N4O3/c1-25-18-19(21-11-10-20-18)26-13-8-6-12(7-9-13)16(24)17-22-14-4-2-3-5-15(14)23-17/h2-11H,1H3,(H,22,23). The van der Waals surface area contributed by atoms with Gasteiger partial charge in [0.05, 0.1) is 18.1 Å². The molecule has 0 aliphatic rings.